The number of esters is 1. The summed E-state index contributed by atoms with van der Waals surface area (Å²) in [6.45, 7) is 9.52. The number of nitrogens with one attached hydrogen (secondary N) is 1. The highest BCUT2D eigenvalue weighted by atomic mass is 16.6. The van der Waals surface area contributed by atoms with Crippen molar-refractivity contribution in [2.75, 3.05) is 0 Å². The van der Waals surface area contributed by atoms with Crippen molar-refractivity contribution >= 4 is 12.1 Å². The number of allylic oxidation sites excluding steroid dienone is 1. The van der Waals surface area contributed by atoms with Crippen LogP contribution in [-0.2, 0) is 14.3 Å². The minimum atomic E-state index is -0.683. The van der Waals surface area contributed by atoms with Crippen LogP contribution in [0.5, 0.6) is 0 Å². The molecule has 0 aromatic carbocycles. The Hall–Kier alpha value is -1.52. The second-order valence-corrected chi connectivity index (χ2v) is 4.70. The van der Waals surface area contributed by atoms with Gasteiger partial charge in [0.1, 0.15) is 11.6 Å². The number of cyclic esters (lactones) is 2. The Morgan fingerprint density at radius 3 is 2.56 bits per heavy atom. The van der Waals surface area contributed by atoms with Gasteiger partial charge in [0.15, 0.2) is 0 Å². The van der Waals surface area contributed by atoms with Crippen LogP contribution in [0.1, 0.15) is 33.6 Å². The largest absolute Gasteiger partial charge is 0.493 e. The molecule has 5 heteroatoms. The molecule has 1 amide bonds. The van der Waals surface area contributed by atoms with E-state index in [1.807, 2.05) is 20.8 Å². The predicted octanol–water partition coefficient (Wildman–Crippen LogP) is 1.73. The summed E-state index contributed by atoms with van der Waals surface area (Å²) in [5, 5.41) is 2.41. The second-order valence-electron chi connectivity index (χ2n) is 4.70. The minimum absolute atomic E-state index is 0.295. The van der Waals surface area contributed by atoms with Crippen LogP contribution >= 0.6 is 0 Å². The summed E-state index contributed by atoms with van der Waals surface area (Å²) in [5.74, 6) is 0.0648. The van der Waals surface area contributed by atoms with E-state index >= 15 is 0 Å². The van der Waals surface area contributed by atoms with Gasteiger partial charge in [0.05, 0.1) is 5.76 Å². The summed E-state index contributed by atoms with van der Waals surface area (Å²) in [5.41, 5.74) is -0.295. The fraction of sp³-hybridized carbons (Fsp3) is 0.636. The third-order valence-corrected chi connectivity index (χ3v) is 1.93. The maximum absolute atomic E-state index is 11.1. The smallest absolute Gasteiger partial charge is 0.415 e. The number of hydrogen-bond acceptors (Lipinski definition) is 4. The number of hydrogen-bond donors (Lipinski definition) is 1. The molecule has 1 rings (SSSR count). The van der Waals surface area contributed by atoms with Crippen molar-refractivity contribution < 1.29 is 19.1 Å². The minimum Gasteiger partial charge on any atom is -0.493 e. The van der Waals surface area contributed by atoms with Crippen LogP contribution in [0.25, 0.3) is 0 Å². The molecule has 0 spiro atoms. The zero-order valence-corrected chi connectivity index (χ0v) is 9.83. The topological polar surface area (TPSA) is 64.6 Å². The van der Waals surface area contributed by atoms with Gasteiger partial charge in [-0.05, 0) is 27.2 Å². The van der Waals surface area contributed by atoms with Gasteiger partial charge in [-0.1, -0.05) is 6.58 Å². The molecule has 1 aliphatic heterocycles. The Labute approximate surface area is 94.8 Å². The average molecular weight is 227 g/mol. The molecule has 0 bridgehead atoms. The molecule has 1 heterocycles. The van der Waals surface area contributed by atoms with E-state index in [9.17, 15) is 9.59 Å². The Morgan fingerprint density at radius 1 is 1.50 bits per heavy atom. The lowest BCUT2D eigenvalue weighted by Gasteiger charge is -2.23. The molecular weight excluding hydrogens is 210 g/mol. The highest BCUT2D eigenvalue weighted by Crippen LogP contribution is 2.18. The first kappa shape index (κ1) is 12.5. The van der Waals surface area contributed by atoms with Crippen LogP contribution in [-0.4, -0.2) is 23.7 Å². The molecule has 5 nitrogen and oxygen atoms in total. The van der Waals surface area contributed by atoms with E-state index in [1.54, 1.807) is 0 Å². The number of carbonyl (C=O) groups is 2. The van der Waals surface area contributed by atoms with Gasteiger partial charge in [-0.15, -0.1) is 0 Å². The first-order valence-electron chi connectivity index (χ1n) is 5.17. The first-order valence-corrected chi connectivity index (χ1v) is 5.17. The molecular formula is C11H17NO4. The zero-order chi connectivity index (χ0) is 12.3. The second kappa shape index (κ2) is 4.55. The molecule has 1 N–H and O–H groups in total. The zero-order valence-electron chi connectivity index (χ0n) is 9.83. The van der Waals surface area contributed by atoms with Gasteiger partial charge in [0.25, 0.3) is 0 Å². The van der Waals surface area contributed by atoms with Crippen molar-refractivity contribution in [3.8, 4) is 0 Å². The van der Waals surface area contributed by atoms with Crippen LogP contribution in [0, 0.1) is 0 Å². The lowest BCUT2D eigenvalue weighted by Crippen LogP contribution is -2.29. The number of carbonyl (C=O) groups excluding carboxylic acids is 2. The Bertz CT molecular complexity index is 316. The van der Waals surface area contributed by atoms with Crippen LogP contribution in [0.15, 0.2) is 12.3 Å². The molecule has 0 aromatic heterocycles. The van der Waals surface area contributed by atoms with E-state index in [4.69, 9.17) is 4.74 Å². The summed E-state index contributed by atoms with van der Waals surface area (Å²) in [4.78, 5) is 21.8. The third-order valence-electron chi connectivity index (χ3n) is 1.93. The lowest BCUT2D eigenvalue weighted by atomic mass is 10.1. The summed E-state index contributed by atoms with van der Waals surface area (Å²) < 4.78 is 9.85. The van der Waals surface area contributed by atoms with Gasteiger partial charge < -0.3 is 14.8 Å². The highest BCUT2D eigenvalue weighted by Gasteiger charge is 2.32. The lowest BCUT2D eigenvalue weighted by molar-refractivity contribution is -0.135. The fourth-order valence-electron chi connectivity index (χ4n) is 1.37. The van der Waals surface area contributed by atoms with E-state index in [0.717, 1.165) is 0 Å². The Balaban J connectivity index is 2.32. The quantitative estimate of drug-likeness (QED) is 0.451. The third kappa shape index (κ3) is 3.92. The summed E-state index contributed by atoms with van der Waals surface area (Å²) >= 11 is 0. The standard InChI is InChI=1S/C11H17NO4/c1-7(16-11(2,3)4)5-6-8-9(13)15-10(14)12-8/h8H,1,5-6H2,2-4H3,(H,12,14)/t8-/m1/s1. The van der Waals surface area contributed by atoms with Crippen LogP contribution in [0.4, 0.5) is 4.79 Å². The Kier molecular flexibility index (Phi) is 3.57. The van der Waals surface area contributed by atoms with E-state index in [2.05, 4.69) is 16.6 Å². The molecule has 0 aliphatic carbocycles. The average Bonchev–Trinajstić information content (AvgIpc) is 2.38. The van der Waals surface area contributed by atoms with Crippen LogP contribution in [0.3, 0.4) is 0 Å². The van der Waals surface area contributed by atoms with E-state index < -0.39 is 18.1 Å². The first-order chi connectivity index (χ1) is 7.28. The van der Waals surface area contributed by atoms with E-state index in [-0.39, 0.29) is 5.60 Å². The Morgan fingerprint density at radius 2 is 2.12 bits per heavy atom. The number of alkyl carbamates (subject to hydrolysis) is 1. The molecule has 1 fully saturated rings. The van der Waals surface area contributed by atoms with Gasteiger partial charge >= 0.3 is 12.1 Å². The van der Waals surface area contributed by atoms with E-state index in [1.165, 1.54) is 0 Å². The molecule has 0 saturated carbocycles. The van der Waals surface area contributed by atoms with Gasteiger partial charge in [0, 0.05) is 6.42 Å². The fourth-order valence-corrected chi connectivity index (χ4v) is 1.37. The molecule has 16 heavy (non-hydrogen) atoms. The van der Waals surface area contributed by atoms with Crippen LogP contribution in [0.2, 0.25) is 0 Å². The molecule has 1 atom stereocenters. The maximum atomic E-state index is 11.1. The maximum Gasteiger partial charge on any atom is 0.415 e. The normalized spacial score (nSPS) is 20.3. The van der Waals surface area contributed by atoms with E-state index in [0.29, 0.717) is 18.6 Å². The van der Waals surface area contributed by atoms with Crippen molar-refractivity contribution in [2.45, 2.75) is 45.3 Å². The monoisotopic (exact) mass is 227 g/mol. The van der Waals surface area contributed by atoms with Gasteiger partial charge in [-0.25, -0.2) is 9.59 Å². The molecule has 1 aliphatic rings. The van der Waals surface area contributed by atoms with Crippen LogP contribution < -0.4 is 5.32 Å². The van der Waals surface area contributed by atoms with Crippen molar-refractivity contribution in [3.63, 3.8) is 0 Å². The van der Waals surface area contributed by atoms with Gasteiger partial charge in [0.2, 0.25) is 0 Å². The molecule has 0 unspecified atom stereocenters. The predicted molar refractivity (Wildman–Crippen MR) is 57.6 cm³/mol. The highest BCUT2D eigenvalue weighted by molar-refractivity contribution is 5.95. The molecule has 0 radical (unpaired) electrons. The van der Waals surface area contributed by atoms with Crippen molar-refractivity contribution in [1.29, 1.82) is 0 Å². The number of amides is 1. The number of rotatable bonds is 4. The number of ether oxygens (including phenoxy) is 2. The van der Waals surface area contributed by atoms with Crippen molar-refractivity contribution in [1.82, 2.24) is 5.32 Å². The molecule has 1 saturated heterocycles. The molecule has 90 valence electrons. The summed E-state index contributed by atoms with van der Waals surface area (Å²) in [7, 11) is 0. The summed E-state index contributed by atoms with van der Waals surface area (Å²) in [6, 6.07) is -0.576. The molecule has 0 aromatic rings. The summed E-state index contributed by atoms with van der Waals surface area (Å²) in [6.07, 6.45) is 0.272. The van der Waals surface area contributed by atoms with Crippen molar-refractivity contribution in [3.05, 3.63) is 12.3 Å². The van der Waals surface area contributed by atoms with Gasteiger partial charge in [-0.3, -0.25) is 0 Å². The SMILES string of the molecule is C=C(CC[C@H]1NC(=O)OC1=O)OC(C)(C)C. The van der Waals surface area contributed by atoms with Crippen molar-refractivity contribution in [2.24, 2.45) is 0 Å². The van der Waals surface area contributed by atoms with Gasteiger partial charge in [-0.2, -0.15) is 0 Å².